The molecule has 1 heterocycles. The number of halogens is 1. The second-order valence-electron chi connectivity index (χ2n) is 7.07. The number of amides is 2. The molecule has 3 aromatic rings. The Hall–Kier alpha value is -3.55. The van der Waals surface area contributed by atoms with Gasteiger partial charge in [-0.2, -0.15) is 0 Å². The van der Waals surface area contributed by atoms with Gasteiger partial charge in [-0.15, -0.1) is 0 Å². The first-order valence-corrected chi connectivity index (χ1v) is 8.55. The Morgan fingerprint density at radius 2 is 1.64 bits per heavy atom. The van der Waals surface area contributed by atoms with Gasteiger partial charge in [0.1, 0.15) is 28.6 Å². The fourth-order valence-corrected chi connectivity index (χ4v) is 2.41. The van der Waals surface area contributed by atoms with Crippen molar-refractivity contribution in [1.82, 2.24) is 15.8 Å². The van der Waals surface area contributed by atoms with Gasteiger partial charge in [0, 0.05) is 17.0 Å². The van der Waals surface area contributed by atoms with E-state index in [4.69, 9.17) is 9.47 Å². The van der Waals surface area contributed by atoms with Gasteiger partial charge in [0.15, 0.2) is 0 Å². The maximum absolute atomic E-state index is 13.0. The molecule has 0 unspecified atom stereocenters. The average molecular weight is 385 g/mol. The molecule has 0 aliphatic heterocycles. The summed E-state index contributed by atoms with van der Waals surface area (Å²) < 4.78 is 23.7. The minimum absolute atomic E-state index is 0.255. The summed E-state index contributed by atoms with van der Waals surface area (Å²) in [5.74, 6) is 0.150. The van der Waals surface area contributed by atoms with Gasteiger partial charge < -0.3 is 14.5 Å². The van der Waals surface area contributed by atoms with E-state index in [-0.39, 0.29) is 11.5 Å². The van der Waals surface area contributed by atoms with Crippen molar-refractivity contribution in [2.24, 2.45) is 0 Å². The van der Waals surface area contributed by atoms with E-state index in [9.17, 15) is 14.0 Å². The fourth-order valence-electron chi connectivity index (χ4n) is 2.41. The van der Waals surface area contributed by atoms with Crippen LogP contribution in [0.1, 0.15) is 31.3 Å². The number of fused-ring (bicyclic) bond motifs is 1. The lowest BCUT2D eigenvalue weighted by Crippen LogP contribution is -2.44. The Morgan fingerprint density at radius 3 is 2.32 bits per heavy atom. The average Bonchev–Trinajstić information content (AvgIpc) is 3.03. The van der Waals surface area contributed by atoms with Crippen molar-refractivity contribution in [3.05, 3.63) is 60.0 Å². The van der Waals surface area contributed by atoms with E-state index >= 15 is 0 Å². The van der Waals surface area contributed by atoms with E-state index in [1.54, 1.807) is 45.0 Å². The van der Waals surface area contributed by atoms with Crippen molar-refractivity contribution in [1.29, 1.82) is 0 Å². The Balaban J connectivity index is 1.67. The molecule has 8 heteroatoms. The predicted molar refractivity (Wildman–Crippen MR) is 102 cm³/mol. The number of hydrogen-bond acceptors (Lipinski definition) is 4. The number of nitrogens with one attached hydrogen (secondary N) is 3. The van der Waals surface area contributed by atoms with E-state index < -0.39 is 17.6 Å². The molecule has 0 aliphatic rings. The smallest absolute Gasteiger partial charge is 0.426 e. The largest absolute Gasteiger partial charge is 0.457 e. The number of hydrazine groups is 1. The molecule has 0 radical (unpaired) electrons. The number of ether oxygens (including phenoxy) is 2. The molecule has 0 saturated carbocycles. The molecule has 146 valence electrons. The summed E-state index contributed by atoms with van der Waals surface area (Å²) in [6.45, 7) is 5.16. The Labute approximate surface area is 160 Å². The number of carbonyl (C=O) groups is 2. The molecule has 0 fully saturated rings. The van der Waals surface area contributed by atoms with Crippen molar-refractivity contribution < 1.29 is 23.5 Å². The summed E-state index contributed by atoms with van der Waals surface area (Å²) in [6.07, 6.45) is -0.757. The molecule has 3 N–H and O–H groups in total. The van der Waals surface area contributed by atoms with Crippen LogP contribution in [0.15, 0.2) is 48.5 Å². The van der Waals surface area contributed by atoms with Crippen LogP contribution in [-0.4, -0.2) is 22.6 Å². The molecule has 3 rings (SSSR count). The number of benzene rings is 2. The normalized spacial score (nSPS) is 11.1. The van der Waals surface area contributed by atoms with E-state index in [2.05, 4.69) is 15.8 Å². The maximum Gasteiger partial charge on any atom is 0.426 e. The van der Waals surface area contributed by atoms with Crippen LogP contribution in [0.2, 0.25) is 0 Å². The third-order valence-corrected chi connectivity index (χ3v) is 3.56. The summed E-state index contributed by atoms with van der Waals surface area (Å²) in [5, 5.41) is 0.786. The minimum atomic E-state index is -0.757. The Kier molecular flexibility index (Phi) is 5.21. The second kappa shape index (κ2) is 7.59. The van der Waals surface area contributed by atoms with E-state index in [0.29, 0.717) is 17.0 Å². The number of rotatable bonds is 3. The molecule has 2 aromatic carbocycles. The van der Waals surface area contributed by atoms with Gasteiger partial charge in [-0.1, -0.05) is 0 Å². The molecule has 0 saturated heterocycles. The number of H-pyrrole nitrogens is 1. The van der Waals surface area contributed by atoms with Crippen LogP contribution in [-0.2, 0) is 4.74 Å². The standard InChI is InChI=1S/C20H20FN3O4/c1-20(2,3)28-19(26)24-23-18(25)17-10-12-4-7-15(11-16(12)22-17)27-14-8-5-13(21)6-9-14/h4-11,22H,1-3H3,(H,23,25)(H,24,26). The van der Waals surface area contributed by atoms with Gasteiger partial charge in [-0.3, -0.25) is 10.2 Å². The van der Waals surface area contributed by atoms with Crippen molar-refractivity contribution in [3.63, 3.8) is 0 Å². The van der Waals surface area contributed by atoms with Crippen molar-refractivity contribution >= 4 is 22.9 Å². The zero-order valence-electron chi connectivity index (χ0n) is 15.6. The van der Waals surface area contributed by atoms with Crippen molar-refractivity contribution in [3.8, 4) is 11.5 Å². The van der Waals surface area contributed by atoms with E-state index in [0.717, 1.165) is 5.39 Å². The highest BCUT2D eigenvalue weighted by molar-refractivity contribution is 5.98. The quantitative estimate of drug-likeness (QED) is 0.587. The summed E-state index contributed by atoms with van der Waals surface area (Å²) in [7, 11) is 0. The summed E-state index contributed by atoms with van der Waals surface area (Å²) in [5.41, 5.74) is 4.73. The van der Waals surface area contributed by atoms with Gasteiger partial charge in [0.05, 0.1) is 0 Å². The monoisotopic (exact) mass is 385 g/mol. The van der Waals surface area contributed by atoms with Gasteiger partial charge in [0.25, 0.3) is 5.91 Å². The van der Waals surface area contributed by atoms with Crippen LogP contribution < -0.4 is 15.6 Å². The molecular weight excluding hydrogens is 365 g/mol. The third-order valence-electron chi connectivity index (χ3n) is 3.56. The van der Waals surface area contributed by atoms with Gasteiger partial charge in [0.2, 0.25) is 0 Å². The lowest BCUT2D eigenvalue weighted by Gasteiger charge is -2.19. The number of hydrogen-bond donors (Lipinski definition) is 3. The van der Waals surface area contributed by atoms with Crippen LogP contribution in [0.5, 0.6) is 11.5 Å². The summed E-state index contributed by atoms with van der Waals surface area (Å²) >= 11 is 0. The Morgan fingerprint density at radius 1 is 0.964 bits per heavy atom. The molecule has 28 heavy (non-hydrogen) atoms. The molecular formula is C20H20FN3O4. The summed E-state index contributed by atoms with van der Waals surface area (Å²) in [6, 6.07) is 12.5. The molecule has 1 aromatic heterocycles. The molecule has 7 nitrogen and oxygen atoms in total. The second-order valence-corrected chi connectivity index (χ2v) is 7.07. The first-order chi connectivity index (χ1) is 13.2. The van der Waals surface area contributed by atoms with Crippen molar-refractivity contribution in [2.45, 2.75) is 26.4 Å². The van der Waals surface area contributed by atoms with Gasteiger partial charge in [-0.05, 0) is 63.2 Å². The van der Waals surface area contributed by atoms with Gasteiger partial charge in [-0.25, -0.2) is 14.6 Å². The van der Waals surface area contributed by atoms with Crippen LogP contribution in [0.4, 0.5) is 9.18 Å². The van der Waals surface area contributed by atoms with Crippen LogP contribution in [0, 0.1) is 5.82 Å². The lowest BCUT2D eigenvalue weighted by molar-refractivity contribution is 0.0483. The molecule has 2 amide bonds. The van der Waals surface area contributed by atoms with Crippen LogP contribution in [0.3, 0.4) is 0 Å². The SMILES string of the molecule is CC(C)(C)OC(=O)NNC(=O)c1cc2ccc(Oc3ccc(F)cc3)cc2[nH]1. The number of aromatic amines is 1. The van der Waals surface area contributed by atoms with Crippen LogP contribution in [0.25, 0.3) is 10.9 Å². The zero-order chi connectivity index (χ0) is 20.3. The first kappa shape index (κ1) is 19.2. The highest BCUT2D eigenvalue weighted by atomic mass is 19.1. The van der Waals surface area contributed by atoms with Gasteiger partial charge >= 0.3 is 6.09 Å². The fraction of sp³-hybridized carbons (Fsp3) is 0.200. The third kappa shape index (κ3) is 5.00. The first-order valence-electron chi connectivity index (χ1n) is 8.55. The highest BCUT2D eigenvalue weighted by Crippen LogP contribution is 2.26. The van der Waals surface area contributed by atoms with Crippen molar-refractivity contribution in [2.75, 3.05) is 0 Å². The highest BCUT2D eigenvalue weighted by Gasteiger charge is 2.17. The zero-order valence-corrected chi connectivity index (χ0v) is 15.6. The summed E-state index contributed by atoms with van der Waals surface area (Å²) in [4.78, 5) is 26.8. The molecule has 0 atom stereocenters. The van der Waals surface area contributed by atoms with Crippen LogP contribution >= 0.6 is 0 Å². The molecule has 0 bridgehead atoms. The van der Waals surface area contributed by atoms with E-state index in [1.807, 2.05) is 0 Å². The lowest BCUT2D eigenvalue weighted by atomic mass is 10.2. The molecule has 0 aliphatic carbocycles. The maximum atomic E-state index is 13.0. The molecule has 0 spiro atoms. The predicted octanol–water partition coefficient (Wildman–Crippen LogP) is 4.27. The topological polar surface area (TPSA) is 92.5 Å². The number of carbonyl (C=O) groups excluding carboxylic acids is 2. The minimum Gasteiger partial charge on any atom is -0.457 e. The Bertz CT molecular complexity index is 1010. The van der Waals surface area contributed by atoms with E-state index in [1.165, 1.54) is 24.3 Å². The number of aromatic nitrogens is 1.